The Balaban J connectivity index is 1.90. The highest BCUT2D eigenvalue weighted by atomic mass is 32.2. The second kappa shape index (κ2) is 10.4. The van der Waals surface area contributed by atoms with Gasteiger partial charge in [0.15, 0.2) is 0 Å². The lowest BCUT2D eigenvalue weighted by atomic mass is 9.82. The predicted molar refractivity (Wildman–Crippen MR) is 101 cm³/mol. The van der Waals surface area contributed by atoms with Crippen LogP contribution in [0.25, 0.3) is 0 Å². The summed E-state index contributed by atoms with van der Waals surface area (Å²) in [6, 6.07) is -0.553. The number of rotatable bonds is 10. The van der Waals surface area contributed by atoms with Crippen LogP contribution in [-0.4, -0.2) is 58.6 Å². The number of carbonyl (C=O) groups is 2. The summed E-state index contributed by atoms with van der Waals surface area (Å²) in [5, 5.41) is 23.0. The third-order valence-electron chi connectivity index (χ3n) is 5.45. The molecule has 2 fully saturated rings. The summed E-state index contributed by atoms with van der Waals surface area (Å²) in [7, 11) is 0. The van der Waals surface area contributed by atoms with Crippen molar-refractivity contribution in [1.29, 1.82) is 0 Å². The molecule has 0 aromatic rings. The van der Waals surface area contributed by atoms with E-state index >= 15 is 0 Å². The highest BCUT2D eigenvalue weighted by molar-refractivity contribution is 7.99. The van der Waals surface area contributed by atoms with Gasteiger partial charge in [0.1, 0.15) is 18.0 Å². The van der Waals surface area contributed by atoms with Crippen LogP contribution in [0.2, 0.25) is 0 Å². The molecule has 2 saturated carbocycles. The second-order valence-corrected chi connectivity index (χ2v) is 8.57. The van der Waals surface area contributed by atoms with Crippen LogP contribution in [0.15, 0.2) is 0 Å². The van der Waals surface area contributed by atoms with E-state index in [0.717, 1.165) is 38.5 Å². The Kier molecular flexibility index (Phi) is 8.50. The zero-order valence-electron chi connectivity index (χ0n) is 15.4. The van der Waals surface area contributed by atoms with Gasteiger partial charge in [0.05, 0.1) is 12.1 Å². The van der Waals surface area contributed by atoms with Crippen molar-refractivity contribution in [2.24, 2.45) is 17.6 Å². The first-order chi connectivity index (χ1) is 12.4. The lowest BCUT2D eigenvalue weighted by molar-refractivity contribution is -0.118. The number of alkyl carbamates (subject to hydrolysis) is 1. The lowest BCUT2D eigenvalue weighted by Crippen LogP contribution is -2.50. The first kappa shape index (κ1) is 21.3. The van der Waals surface area contributed by atoms with E-state index in [1.54, 1.807) is 6.26 Å². The third-order valence-corrected chi connectivity index (χ3v) is 6.39. The van der Waals surface area contributed by atoms with Gasteiger partial charge in [0.25, 0.3) is 0 Å². The first-order valence-corrected chi connectivity index (χ1v) is 10.8. The SMILES string of the molecule is CSC(COC(=O)N[C@@H](CC1CCCCC1)[C@@H](O)[C@@H](O)C1CC1)C(N)=O. The molecule has 2 rings (SSSR count). The summed E-state index contributed by atoms with van der Waals surface area (Å²) in [6.07, 6.45) is 7.36. The largest absolute Gasteiger partial charge is 0.448 e. The van der Waals surface area contributed by atoms with E-state index in [2.05, 4.69) is 5.32 Å². The van der Waals surface area contributed by atoms with Gasteiger partial charge in [-0.25, -0.2) is 4.79 Å². The number of ether oxygens (including phenoxy) is 1. The van der Waals surface area contributed by atoms with Gasteiger partial charge in [-0.1, -0.05) is 32.1 Å². The van der Waals surface area contributed by atoms with Gasteiger partial charge < -0.3 is 26.0 Å². The molecule has 0 bridgehead atoms. The van der Waals surface area contributed by atoms with Crippen LogP contribution >= 0.6 is 11.8 Å². The average Bonchev–Trinajstić information content (AvgIpc) is 3.46. The summed E-state index contributed by atoms with van der Waals surface area (Å²) in [6.45, 7) is -0.111. The summed E-state index contributed by atoms with van der Waals surface area (Å²) < 4.78 is 5.12. The average molecular weight is 389 g/mol. The van der Waals surface area contributed by atoms with Crippen LogP contribution in [0, 0.1) is 11.8 Å². The number of hydrogen-bond donors (Lipinski definition) is 4. The number of carbonyl (C=O) groups excluding carboxylic acids is 2. The fraction of sp³-hybridized carbons (Fsp3) is 0.889. The maximum absolute atomic E-state index is 12.2. The molecule has 0 aliphatic heterocycles. The van der Waals surface area contributed by atoms with Gasteiger partial charge in [0.2, 0.25) is 5.91 Å². The van der Waals surface area contributed by atoms with Crippen molar-refractivity contribution in [3.63, 3.8) is 0 Å². The summed E-state index contributed by atoms with van der Waals surface area (Å²) in [5.41, 5.74) is 5.24. The van der Waals surface area contributed by atoms with E-state index in [1.807, 2.05) is 0 Å². The lowest BCUT2D eigenvalue weighted by Gasteiger charge is -2.32. The highest BCUT2D eigenvalue weighted by Crippen LogP contribution is 2.36. The molecule has 150 valence electrons. The van der Waals surface area contributed by atoms with Crippen molar-refractivity contribution in [2.45, 2.75) is 74.9 Å². The Morgan fingerprint density at radius 2 is 1.85 bits per heavy atom. The molecular formula is C18H32N2O5S. The standard InChI is InChI=1S/C18H32N2O5S/c1-26-14(17(19)23)10-25-18(24)20-13(9-11-5-3-2-4-6-11)16(22)15(21)12-7-8-12/h11-16,21-22H,2-10H2,1H3,(H2,19,23)(H,20,24)/t13-,14?,15-,16+/m0/s1. The molecule has 0 aromatic carbocycles. The number of amides is 2. The fourth-order valence-electron chi connectivity index (χ4n) is 3.63. The molecule has 0 radical (unpaired) electrons. The van der Waals surface area contributed by atoms with Crippen LogP contribution in [-0.2, 0) is 9.53 Å². The van der Waals surface area contributed by atoms with Crippen molar-refractivity contribution < 1.29 is 24.5 Å². The summed E-state index contributed by atoms with van der Waals surface area (Å²) >= 11 is 1.22. The molecule has 1 unspecified atom stereocenters. The fourth-order valence-corrected chi connectivity index (χ4v) is 4.07. The highest BCUT2D eigenvalue weighted by Gasteiger charge is 2.39. The number of hydrogen-bond acceptors (Lipinski definition) is 6. The van der Waals surface area contributed by atoms with E-state index < -0.39 is 35.5 Å². The van der Waals surface area contributed by atoms with Crippen LogP contribution in [0.5, 0.6) is 0 Å². The van der Waals surface area contributed by atoms with Gasteiger partial charge in [-0.15, -0.1) is 11.8 Å². The second-order valence-electron chi connectivity index (χ2n) is 7.53. The van der Waals surface area contributed by atoms with Gasteiger partial charge >= 0.3 is 6.09 Å². The van der Waals surface area contributed by atoms with Gasteiger partial charge in [-0.2, -0.15) is 0 Å². The smallest absolute Gasteiger partial charge is 0.407 e. The molecule has 0 spiro atoms. The van der Waals surface area contributed by atoms with E-state index in [1.165, 1.54) is 18.2 Å². The maximum Gasteiger partial charge on any atom is 0.407 e. The predicted octanol–water partition coefficient (Wildman–Crippen LogP) is 1.40. The Morgan fingerprint density at radius 3 is 2.38 bits per heavy atom. The summed E-state index contributed by atoms with van der Waals surface area (Å²) in [5.74, 6) is 0.0142. The molecule has 7 nitrogen and oxygen atoms in total. The van der Waals surface area contributed by atoms with Crippen molar-refractivity contribution in [3.05, 3.63) is 0 Å². The van der Waals surface area contributed by atoms with Crippen LogP contribution in [0.4, 0.5) is 4.79 Å². The Labute approximate surface area is 159 Å². The minimum absolute atomic E-state index is 0.111. The van der Waals surface area contributed by atoms with Gasteiger partial charge in [-0.05, 0) is 37.4 Å². The number of nitrogens with two attached hydrogens (primary N) is 1. The zero-order chi connectivity index (χ0) is 19.1. The van der Waals surface area contributed by atoms with Gasteiger partial charge in [-0.3, -0.25) is 4.79 Å². The topological polar surface area (TPSA) is 122 Å². The molecule has 0 saturated heterocycles. The third kappa shape index (κ3) is 6.63. The molecule has 0 heterocycles. The Bertz CT molecular complexity index is 468. The number of nitrogens with one attached hydrogen (secondary N) is 1. The van der Waals surface area contributed by atoms with E-state index in [0.29, 0.717) is 12.3 Å². The monoisotopic (exact) mass is 388 g/mol. The molecule has 2 aliphatic rings. The maximum atomic E-state index is 12.2. The van der Waals surface area contributed by atoms with E-state index in [4.69, 9.17) is 10.5 Å². The molecule has 2 amide bonds. The van der Waals surface area contributed by atoms with Crippen molar-refractivity contribution in [1.82, 2.24) is 5.32 Å². The zero-order valence-corrected chi connectivity index (χ0v) is 16.2. The van der Waals surface area contributed by atoms with Crippen LogP contribution in [0.3, 0.4) is 0 Å². The molecule has 5 N–H and O–H groups in total. The molecule has 0 aromatic heterocycles. The number of aliphatic hydroxyl groups is 2. The van der Waals surface area contributed by atoms with Gasteiger partial charge in [0, 0.05) is 0 Å². The van der Waals surface area contributed by atoms with Crippen molar-refractivity contribution in [3.8, 4) is 0 Å². The van der Waals surface area contributed by atoms with Crippen LogP contribution < -0.4 is 11.1 Å². The molecule has 8 heteroatoms. The minimum atomic E-state index is -1.01. The number of aliphatic hydroxyl groups excluding tert-OH is 2. The molecule has 26 heavy (non-hydrogen) atoms. The Morgan fingerprint density at radius 1 is 1.19 bits per heavy atom. The van der Waals surface area contributed by atoms with Crippen molar-refractivity contribution >= 4 is 23.8 Å². The first-order valence-electron chi connectivity index (χ1n) is 9.54. The summed E-state index contributed by atoms with van der Waals surface area (Å²) in [4.78, 5) is 23.4. The Hall–Kier alpha value is -0.990. The number of thioether (sulfide) groups is 1. The molecule has 2 aliphatic carbocycles. The quantitative estimate of drug-likeness (QED) is 0.449. The molecular weight excluding hydrogens is 356 g/mol. The van der Waals surface area contributed by atoms with E-state index in [-0.39, 0.29) is 12.5 Å². The normalized spacial score (nSPS) is 22.9. The number of primary amides is 1. The van der Waals surface area contributed by atoms with Crippen molar-refractivity contribution in [2.75, 3.05) is 12.9 Å². The van der Waals surface area contributed by atoms with E-state index in [9.17, 15) is 19.8 Å². The molecule has 4 atom stereocenters. The minimum Gasteiger partial charge on any atom is -0.448 e. The van der Waals surface area contributed by atoms with Crippen LogP contribution in [0.1, 0.15) is 51.4 Å².